The van der Waals surface area contributed by atoms with E-state index in [1.54, 1.807) is 36.4 Å². The van der Waals surface area contributed by atoms with Crippen LogP contribution in [-0.4, -0.2) is 37.6 Å². The van der Waals surface area contributed by atoms with E-state index in [9.17, 15) is 18.0 Å². The van der Waals surface area contributed by atoms with Crippen molar-refractivity contribution >= 4 is 59.4 Å². The average molecular weight is 649 g/mol. The maximum Gasteiger partial charge on any atom is 0.255 e. The van der Waals surface area contributed by atoms with Crippen LogP contribution in [0.2, 0.25) is 0 Å². The molecule has 1 heterocycles. The summed E-state index contributed by atoms with van der Waals surface area (Å²) in [6.07, 6.45) is 1.64. The van der Waals surface area contributed by atoms with Gasteiger partial charge in [0.2, 0.25) is 10.0 Å². The zero-order chi connectivity index (χ0) is 26.6. The molecule has 1 aliphatic heterocycles. The third-order valence-electron chi connectivity index (χ3n) is 6.33. The molecule has 194 valence electrons. The second kappa shape index (κ2) is 11.9. The molecule has 0 unspecified atom stereocenters. The normalized spacial score (nSPS) is 14.8. The Morgan fingerprint density at radius 2 is 1.51 bits per heavy atom. The number of piperidine rings is 1. The Hall–Kier alpha value is -2.53. The molecule has 0 radical (unpaired) electrons. The number of nitrogens with one attached hydrogen (secondary N) is 2. The number of rotatable bonds is 7. The maximum absolute atomic E-state index is 13.2. The molecule has 2 amide bonds. The standard InChI is InChI=1S/C27H27Br2N3O4S/c1-18-12-14-32(15-13-18)37(35,36)25-16-21(6-11-24(25)29)27(34)31-23-9-2-19(3-10-23)17-30-26(33)20-4-7-22(28)8-5-20/h2-11,16,18H,12-15,17H2,1H3,(H,30,33)(H,31,34). The minimum Gasteiger partial charge on any atom is -0.348 e. The fourth-order valence-electron chi connectivity index (χ4n) is 4.00. The summed E-state index contributed by atoms with van der Waals surface area (Å²) in [6.45, 7) is 3.41. The van der Waals surface area contributed by atoms with Crippen molar-refractivity contribution < 1.29 is 18.0 Å². The van der Waals surface area contributed by atoms with E-state index in [4.69, 9.17) is 0 Å². The average Bonchev–Trinajstić information content (AvgIpc) is 2.89. The van der Waals surface area contributed by atoms with Crippen LogP contribution in [0.5, 0.6) is 0 Å². The minimum atomic E-state index is -3.72. The van der Waals surface area contributed by atoms with Crippen molar-refractivity contribution in [2.45, 2.75) is 31.2 Å². The predicted octanol–water partition coefficient (Wildman–Crippen LogP) is 5.81. The number of halogens is 2. The van der Waals surface area contributed by atoms with E-state index in [2.05, 4.69) is 49.4 Å². The van der Waals surface area contributed by atoms with Crippen LogP contribution < -0.4 is 10.6 Å². The van der Waals surface area contributed by atoms with Crippen LogP contribution in [0.1, 0.15) is 46.0 Å². The van der Waals surface area contributed by atoms with Gasteiger partial charge in [0.15, 0.2) is 0 Å². The molecule has 2 N–H and O–H groups in total. The first-order chi connectivity index (χ1) is 17.6. The van der Waals surface area contributed by atoms with Crippen molar-refractivity contribution in [2.24, 2.45) is 5.92 Å². The van der Waals surface area contributed by atoms with Crippen molar-refractivity contribution in [1.82, 2.24) is 9.62 Å². The summed E-state index contributed by atoms with van der Waals surface area (Å²) < 4.78 is 29.3. The number of carbonyl (C=O) groups excluding carboxylic acids is 2. The van der Waals surface area contributed by atoms with E-state index >= 15 is 0 Å². The molecule has 0 aliphatic carbocycles. The van der Waals surface area contributed by atoms with Crippen molar-refractivity contribution in [3.05, 3.63) is 92.4 Å². The largest absolute Gasteiger partial charge is 0.348 e. The SMILES string of the molecule is CC1CCN(S(=O)(=O)c2cc(C(=O)Nc3ccc(CNC(=O)c4ccc(Br)cc4)cc3)ccc2Br)CC1. The molecule has 1 aliphatic rings. The number of hydrogen-bond donors (Lipinski definition) is 2. The van der Waals surface area contributed by atoms with Gasteiger partial charge in [0, 0.05) is 45.4 Å². The molecule has 0 atom stereocenters. The van der Waals surface area contributed by atoms with E-state index < -0.39 is 15.9 Å². The number of carbonyl (C=O) groups is 2. The van der Waals surface area contributed by atoms with E-state index in [1.165, 1.54) is 10.4 Å². The van der Waals surface area contributed by atoms with Crippen molar-refractivity contribution in [3.63, 3.8) is 0 Å². The predicted molar refractivity (Wildman–Crippen MR) is 151 cm³/mol. The van der Waals surface area contributed by atoms with Gasteiger partial charge in [0.25, 0.3) is 11.8 Å². The zero-order valence-electron chi connectivity index (χ0n) is 20.2. The van der Waals surface area contributed by atoms with Crippen LogP contribution in [0.15, 0.2) is 80.6 Å². The van der Waals surface area contributed by atoms with Gasteiger partial charge >= 0.3 is 0 Å². The number of benzene rings is 3. The number of amides is 2. The van der Waals surface area contributed by atoms with Crippen LogP contribution in [-0.2, 0) is 16.6 Å². The highest BCUT2D eigenvalue weighted by Gasteiger charge is 2.30. The van der Waals surface area contributed by atoms with Crippen LogP contribution in [0, 0.1) is 5.92 Å². The summed E-state index contributed by atoms with van der Waals surface area (Å²) in [5, 5.41) is 5.68. The molecule has 37 heavy (non-hydrogen) atoms. The van der Waals surface area contributed by atoms with E-state index in [0.717, 1.165) is 22.9 Å². The Kier molecular flexibility index (Phi) is 8.84. The van der Waals surface area contributed by atoms with Crippen molar-refractivity contribution in [3.8, 4) is 0 Å². The van der Waals surface area contributed by atoms with Crippen LogP contribution >= 0.6 is 31.9 Å². The maximum atomic E-state index is 13.2. The Balaban J connectivity index is 1.39. The lowest BCUT2D eigenvalue weighted by Crippen LogP contribution is -2.38. The molecule has 7 nitrogen and oxygen atoms in total. The first-order valence-electron chi connectivity index (χ1n) is 11.9. The highest BCUT2D eigenvalue weighted by molar-refractivity contribution is 9.10. The number of anilines is 1. The second-order valence-corrected chi connectivity index (χ2v) is 12.7. The van der Waals surface area contributed by atoms with Crippen LogP contribution in [0.25, 0.3) is 0 Å². The topological polar surface area (TPSA) is 95.6 Å². The third kappa shape index (κ3) is 6.87. The third-order valence-corrected chi connectivity index (χ3v) is 9.75. The summed E-state index contributed by atoms with van der Waals surface area (Å²) in [4.78, 5) is 25.3. The first kappa shape index (κ1) is 27.5. The summed E-state index contributed by atoms with van der Waals surface area (Å²) in [5.41, 5.74) is 2.25. The van der Waals surface area contributed by atoms with Gasteiger partial charge in [-0.3, -0.25) is 9.59 Å². The van der Waals surface area contributed by atoms with E-state index in [0.29, 0.717) is 41.3 Å². The zero-order valence-corrected chi connectivity index (χ0v) is 24.2. The molecule has 3 aromatic rings. The summed E-state index contributed by atoms with van der Waals surface area (Å²) in [7, 11) is -3.72. The molecule has 3 aromatic carbocycles. The number of hydrogen-bond acceptors (Lipinski definition) is 4. The lowest BCUT2D eigenvalue weighted by atomic mass is 10.0. The van der Waals surface area contributed by atoms with E-state index in [1.807, 2.05) is 24.3 Å². The van der Waals surface area contributed by atoms with Gasteiger partial charge in [0.1, 0.15) is 0 Å². The van der Waals surface area contributed by atoms with Crippen molar-refractivity contribution in [2.75, 3.05) is 18.4 Å². The Morgan fingerprint density at radius 1 is 0.892 bits per heavy atom. The van der Waals surface area contributed by atoms with Gasteiger partial charge in [-0.25, -0.2) is 8.42 Å². The fraction of sp³-hybridized carbons (Fsp3) is 0.259. The number of nitrogens with zero attached hydrogens (tertiary/aromatic N) is 1. The highest BCUT2D eigenvalue weighted by atomic mass is 79.9. The molecule has 0 bridgehead atoms. The van der Waals surface area contributed by atoms with Gasteiger partial charge in [-0.05, 0) is 94.9 Å². The Bertz CT molecular complexity index is 1390. The van der Waals surface area contributed by atoms with Gasteiger partial charge in [0.05, 0.1) is 4.90 Å². The molecular weight excluding hydrogens is 622 g/mol. The summed E-state index contributed by atoms with van der Waals surface area (Å²) in [6, 6.07) is 18.8. The molecule has 0 spiro atoms. The summed E-state index contributed by atoms with van der Waals surface area (Å²) >= 11 is 6.69. The molecule has 0 aromatic heterocycles. The lowest BCUT2D eigenvalue weighted by Gasteiger charge is -2.29. The Labute approximate surface area is 234 Å². The van der Waals surface area contributed by atoms with Gasteiger partial charge in [-0.1, -0.05) is 35.0 Å². The molecule has 0 saturated carbocycles. The molecule has 1 fully saturated rings. The molecule has 1 saturated heterocycles. The van der Waals surface area contributed by atoms with Gasteiger partial charge in [-0.2, -0.15) is 4.31 Å². The Morgan fingerprint density at radius 3 is 2.16 bits per heavy atom. The van der Waals surface area contributed by atoms with E-state index in [-0.39, 0.29) is 16.4 Å². The van der Waals surface area contributed by atoms with Crippen LogP contribution in [0.3, 0.4) is 0 Å². The molecular formula is C27H27Br2N3O4S. The lowest BCUT2D eigenvalue weighted by molar-refractivity contribution is 0.0950. The number of sulfonamides is 1. The quantitative estimate of drug-likeness (QED) is 0.338. The minimum absolute atomic E-state index is 0.0894. The molecule has 10 heteroatoms. The smallest absolute Gasteiger partial charge is 0.255 e. The monoisotopic (exact) mass is 647 g/mol. The first-order valence-corrected chi connectivity index (χ1v) is 14.9. The highest BCUT2D eigenvalue weighted by Crippen LogP contribution is 2.29. The van der Waals surface area contributed by atoms with Crippen molar-refractivity contribution in [1.29, 1.82) is 0 Å². The fourth-order valence-corrected chi connectivity index (χ4v) is 6.69. The summed E-state index contributed by atoms with van der Waals surface area (Å²) in [5.74, 6) is -0.0846. The van der Waals surface area contributed by atoms with Gasteiger partial charge in [-0.15, -0.1) is 0 Å². The van der Waals surface area contributed by atoms with Gasteiger partial charge < -0.3 is 10.6 Å². The van der Waals surface area contributed by atoms with Crippen LogP contribution in [0.4, 0.5) is 5.69 Å². The second-order valence-electron chi connectivity index (χ2n) is 9.07. The molecule has 4 rings (SSSR count).